The van der Waals surface area contributed by atoms with Gasteiger partial charge in [0.05, 0.1) is 11.1 Å². The van der Waals surface area contributed by atoms with Crippen molar-refractivity contribution in [3.05, 3.63) is 41.6 Å². The van der Waals surface area contributed by atoms with E-state index >= 15 is 0 Å². The summed E-state index contributed by atoms with van der Waals surface area (Å²) in [4.78, 5) is 30.3. The van der Waals surface area contributed by atoms with Crippen LogP contribution < -0.4 is 5.32 Å². The molecule has 1 N–H and O–H groups in total. The minimum Gasteiger partial charge on any atom is -0.449 e. The molecule has 1 aromatic heterocycles. The molecule has 152 valence electrons. The number of hydrogen-bond acceptors (Lipinski definition) is 4. The third kappa shape index (κ3) is 3.41. The van der Waals surface area contributed by atoms with Crippen molar-refractivity contribution in [2.45, 2.75) is 64.0 Å². The molecule has 4 fully saturated rings. The van der Waals surface area contributed by atoms with Crippen LogP contribution in [0.4, 0.5) is 0 Å². The zero-order valence-corrected chi connectivity index (χ0v) is 17.1. The second-order valence-corrected chi connectivity index (χ2v) is 9.56. The van der Waals surface area contributed by atoms with Crippen molar-refractivity contribution in [2.24, 2.45) is 17.8 Å². The lowest BCUT2D eigenvalue weighted by molar-refractivity contribution is -0.134. The summed E-state index contributed by atoms with van der Waals surface area (Å²) in [5.41, 5.74) is 1.89. The van der Waals surface area contributed by atoms with Gasteiger partial charge in [-0.25, -0.2) is 4.79 Å². The molecule has 1 atom stereocenters. The van der Waals surface area contributed by atoms with Gasteiger partial charge in [-0.1, -0.05) is 18.2 Å². The maximum atomic E-state index is 12.9. The summed E-state index contributed by atoms with van der Waals surface area (Å²) in [6.07, 6.45) is 6.41. The van der Waals surface area contributed by atoms with Crippen LogP contribution in [0.2, 0.25) is 0 Å². The first-order valence-corrected chi connectivity index (χ1v) is 10.8. The molecule has 2 aromatic rings. The number of aryl methyl sites for hydroxylation is 1. The maximum absolute atomic E-state index is 12.9. The van der Waals surface area contributed by atoms with E-state index in [1.54, 1.807) is 13.0 Å². The normalized spacial score (nSPS) is 30.9. The molecule has 0 aliphatic heterocycles. The molecule has 1 amide bonds. The number of rotatable bonds is 4. The number of esters is 1. The third-order valence-corrected chi connectivity index (χ3v) is 7.14. The Kier molecular flexibility index (Phi) is 4.37. The van der Waals surface area contributed by atoms with Gasteiger partial charge in [-0.05, 0) is 82.3 Å². The molecule has 0 unspecified atom stereocenters. The number of hydrogen-bond donors (Lipinski definition) is 1. The monoisotopic (exact) mass is 392 g/mol. The minimum absolute atomic E-state index is 0.0769. The van der Waals surface area contributed by atoms with E-state index in [1.807, 2.05) is 31.2 Å². The second-order valence-electron chi connectivity index (χ2n) is 9.56. The molecule has 4 aliphatic rings. The summed E-state index contributed by atoms with van der Waals surface area (Å²) in [6, 6.07) is 9.24. The third-order valence-electron chi connectivity index (χ3n) is 7.14. The van der Waals surface area contributed by atoms with E-state index in [1.165, 1.54) is 19.3 Å². The summed E-state index contributed by atoms with van der Waals surface area (Å²) in [5, 5.41) is 4.05. The number of aromatic nitrogens is 1. The van der Waals surface area contributed by atoms with E-state index in [0.717, 1.165) is 53.6 Å². The molecule has 29 heavy (non-hydrogen) atoms. The average Bonchev–Trinajstić information content (AvgIpc) is 2.65. The molecule has 0 saturated heterocycles. The largest absolute Gasteiger partial charge is 0.449 e. The van der Waals surface area contributed by atoms with Gasteiger partial charge in [0.2, 0.25) is 0 Å². The first-order valence-electron chi connectivity index (χ1n) is 10.8. The van der Waals surface area contributed by atoms with Gasteiger partial charge >= 0.3 is 5.97 Å². The number of nitrogens with zero attached hydrogens (tertiary/aromatic N) is 1. The van der Waals surface area contributed by atoms with Crippen LogP contribution in [0, 0.1) is 24.7 Å². The smallest absolute Gasteiger partial charge is 0.339 e. The molecule has 4 aliphatic carbocycles. The highest BCUT2D eigenvalue weighted by Crippen LogP contribution is 2.55. The van der Waals surface area contributed by atoms with Crippen LogP contribution in [0.3, 0.4) is 0 Å². The van der Waals surface area contributed by atoms with Crippen molar-refractivity contribution >= 4 is 22.8 Å². The van der Waals surface area contributed by atoms with Crippen molar-refractivity contribution in [3.8, 4) is 0 Å². The molecule has 4 saturated carbocycles. The standard InChI is InChI=1S/C24H28N2O3/c1-14-7-20(19-5-3-4-6-21(19)25-14)23(28)29-15(2)22(27)26-24-11-16-8-17(12-24)10-18(9-16)13-24/h3-7,15-18H,8-13H2,1-2H3,(H,26,27)/t15-,16?,17?,18?,24?/m0/s1. The molecular formula is C24H28N2O3. The average molecular weight is 392 g/mol. The van der Waals surface area contributed by atoms with Crippen LogP contribution in [0.1, 0.15) is 61.5 Å². The molecule has 5 nitrogen and oxygen atoms in total. The summed E-state index contributed by atoms with van der Waals surface area (Å²) >= 11 is 0. The van der Waals surface area contributed by atoms with Gasteiger partial charge in [-0.2, -0.15) is 0 Å². The predicted molar refractivity (Wildman–Crippen MR) is 110 cm³/mol. The lowest BCUT2D eigenvalue weighted by Gasteiger charge is -2.57. The van der Waals surface area contributed by atoms with Gasteiger partial charge in [0.25, 0.3) is 5.91 Å². The van der Waals surface area contributed by atoms with E-state index in [2.05, 4.69) is 10.3 Å². The highest BCUT2D eigenvalue weighted by atomic mass is 16.5. The van der Waals surface area contributed by atoms with Crippen LogP contribution in [0.5, 0.6) is 0 Å². The van der Waals surface area contributed by atoms with Gasteiger partial charge in [0.15, 0.2) is 6.10 Å². The zero-order chi connectivity index (χ0) is 20.2. The van der Waals surface area contributed by atoms with Crippen molar-refractivity contribution in [3.63, 3.8) is 0 Å². The van der Waals surface area contributed by atoms with Crippen molar-refractivity contribution in [1.29, 1.82) is 0 Å². The van der Waals surface area contributed by atoms with E-state index in [0.29, 0.717) is 5.56 Å². The van der Waals surface area contributed by atoms with Crippen LogP contribution in [0.15, 0.2) is 30.3 Å². The Morgan fingerprint density at radius 1 is 1.10 bits per heavy atom. The fourth-order valence-corrected chi connectivity index (χ4v) is 6.38. The number of benzene rings is 1. The molecule has 1 aromatic carbocycles. The topological polar surface area (TPSA) is 68.3 Å². The van der Waals surface area contributed by atoms with Gasteiger partial charge in [0, 0.05) is 16.6 Å². The van der Waals surface area contributed by atoms with Crippen molar-refractivity contribution in [2.75, 3.05) is 0 Å². The highest BCUT2D eigenvalue weighted by molar-refractivity contribution is 6.04. The molecule has 0 radical (unpaired) electrons. The predicted octanol–water partition coefficient (Wildman–Crippen LogP) is 4.17. The Bertz CT molecular complexity index is 948. The zero-order valence-electron chi connectivity index (χ0n) is 17.1. The number of ether oxygens (including phenoxy) is 1. The van der Waals surface area contributed by atoms with Crippen molar-refractivity contribution < 1.29 is 14.3 Å². The van der Waals surface area contributed by atoms with Crippen LogP contribution in [-0.4, -0.2) is 28.5 Å². The van der Waals surface area contributed by atoms with Gasteiger partial charge in [-0.15, -0.1) is 0 Å². The molecule has 0 spiro atoms. The quantitative estimate of drug-likeness (QED) is 0.793. The molecule has 6 rings (SSSR count). The molecule has 4 bridgehead atoms. The van der Waals surface area contributed by atoms with Gasteiger partial charge < -0.3 is 10.1 Å². The first kappa shape index (κ1) is 18.6. The molecule has 1 heterocycles. The van der Waals surface area contributed by atoms with E-state index < -0.39 is 12.1 Å². The fourth-order valence-electron chi connectivity index (χ4n) is 6.38. The summed E-state index contributed by atoms with van der Waals surface area (Å²) in [7, 11) is 0. The lowest BCUT2D eigenvalue weighted by Crippen LogP contribution is -2.61. The molecular weight excluding hydrogens is 364 g/mol. The summed E-state index contributed by atoms with van der Waals surface area (Å²) in [6.45, 7) is 3.52. The highest BCUT2D eigenvalue weighted by Gasteiger charge is 2.51. The van der Waals surface area contributed by atoms with Crippen LogP contribution >= 0.6 is 0 Å². The summed E-state index contributed by atoms with van der Waals surface area (Å²) in [5.74, 6) is 1.62. The molecule has 5 heteroatoms. The number of fused-ring (bicyclic) bond motifs is 1. The Morgan fingerprint density at radius 2 is 1.72 bits per heavy atom. The number of amides is 1. The van der Waals surface area contributed by atoms with E-state index in [-0.39, 0.29) is 11.4 Å². The Balaban J connectivity index is 1.30. The van der Waals surface area contributed by atoms with Crippen molar-refractivity contribution in [1.82, 2.24) is 10.3 Å². The number of pyridine rings is 1. The number of nitrogens with one attached hydrogen (secondary N) is 1. The van der Waals surface area contributed by atoms with Gasteiger partial charge in [-0.3, -0.25) is 9.78 Å². The van der Waals surface area contributed by atoms with E-state index in [4.69, 9.17) is 4.74 Å². The number of carbonyl (C=O) groups excluding carboxylic acids is 2. The Labute approximate surface area is 171 Å². The number of carbonyl (C=O) groups is 2. The lowest BCUT2D eigenvalue weighted by atomic mass is 9.53. The Hall–Kier alpha value is -2.43. The van der Waals surface area contributed by atoms with Crippen LogP contribution in [-0.2, 0) is 9.53 Å². The fraction of sp³-hybridized carbons (Fsp3) is 0.542. The first-order chi connectivity index (χ1) is 13.9. The van der Waals surface area contributed by atoms with E-state index in [9.17, 15) is 9.59 Å². The van der Waals surface area contributed by atoms with Gasteiger partial charge in [0.1, 0.15) is 0 Å². The maximum Gasteiger partial charge on any atom is 0.339 e. The Morgan fingerprint density at radius 3 is 2.38 bits per heavy atom. The second kappa shape index (κ2) is 6.82. The van der Waals surface area contributed by atoms with Crippen LogP contribution in [0.25, 0.3) is 10.9 Å². The number of para-hydroxylation sites is 1. The SMILES string of the molecule is Cc1cc(C(=O)O[C@@H](C)C(=O)NC23CC4CC(CC(C4)C2)C3)c2ccccc2n1. The summed E-state index contributed by atoms with van der Waals surface area (Å²) < 4.78 is 5.60. The minimum atomic E-state index is -0.817.